The van der Waals surface area contributed by atoms with E-state index < -0.39 is 24.2 Å². The van der Waals surface area contributed by atoms with Gasteiger partial charge in [-0.25, -0.2) is 9.59 Å². The molecule has 0 saturated heterocycles. The van der Waals surface area contributed by atoms with Crippen molar-refractivity contribution in [2.45, 2.75) is 58.6 Å². The van der Waals surface area contributed by atoms with Crippen LogP contribution in [0.1, 0.15) is 45.6 Å². The first-order chi connectivity index (χ1) is 13.6. The lowest BCUT2D eigenvalue weighted by Crippen LogP contribution is -2.50. The molecule has 162 valence electrons. The number of benzene rings is 1. The number of carbonyl (C=O) groups is 3. The van der Waals surface area contributed by atoms with E-state index in [0.717, 1.165) is 12.8 Å². The van der Waals surface area contributed by atoms with E-state index in [1.807, 2.05) is 51.1 Å². The Bertz CT molecular complexity index is 662. The molecular weight excluding hydrogens is 372 g/mol. The van der Waals surface area contributed by atoms with Crippen LogP contribution in [0, 0.1) is 11.8 Å². The van der Waals surface area contributed by atoms with Gasteiger partial charge < -0.3 is 20.1 Å². The maximum absolute atomic E-state index is 12.3. The molecule has 2 amide bonds. The second kappa shape index (κ2) is 12.1. The molecule has 7 nitrogen and oxygen atoms in total. The van der Waals surface area contributed by atoms with Crippen LogP contribution in [0.5, 0.6) is 0 Å². The summed E-state index contributed by atoms with van der Waals surface area (Å²) in [5.74, 6) is -1.49. The van der Waals surface area contributed by atoms with Crippen LogP contribution in [-0.4, -0.2) is 54.2 Å². The van der Waals surface area contributed by atoms with Crippen molar-refractivity contribution in [2.24, 2.45) is 11.8 Å². The van der Waals surface area contributed by atoms with Crippen LogP contribution in [-0.2, 0) is 20.7 Å². The molecule has 2 N–H and O–H groups in total. The number of ether oxygens (including phenoxy) is 1. The van der Waals surface area contributed by atoms with Crippen molar-refractivity contribution in [3.05, 3.63) is 35.9 Å². The van der Waals surface area contributed by atoms with Crippen LogP contribution in [0.4, 0.5) is 4.79 Å². The lowest BCUT2D eigenvalue weighted by atomic mass is 9.95. The molecule has 0 aliphatic carbocycles. The largest absolute Gasteiger partial charge is 0.479 e. The quantitative estimate of drug-likeness (QED) is 0.588. The van der Waals surface area contributed by atoms with E-state index in [9.17, 15) is 19.5 Å². The third-order valence-electron chi connectivity index (χ3n) is 5.10. The van der Waals surface area contributed by atoms with Crippen molar-refractivity contribution in [1.29, 1.82) is 0 Å². The molecule has 0 heterocycles. The number of alkyl carbamates (subject to hydrolysis) is 1. The van der Waals surface area contributed by atoms with Crippen LogP contribution >= 0.6 is 0 Å². The average molecular weight is 407 g/mol. The van der Waals surface area contributed by atoms with E-state index >= 15 is 0 Å². The fourth-order valence-corrected chi connectivity index (χ4v) is 2.99. The number of carbonyl (C=O) groups excluding carboxylic acids is 2. The monoisotopic (exact) mass is 406 g/mol. The zero-order valence-corrected chi connectivity index (χ0v) is 18.1. The van der Waals surface area contributed by atoms with Gasteiger partial charge in [0.25, 0.3) is 0 Å². The number of rotatable bonds is 11. The van der Waals surface area contributed by atoms with Gasteiger partial charge in [-0.05, 0) is 36.7 Å². The number of nitrogens with one attached hydrogen (secondary N) is 1. The molecule has 0 bridgehead atoms. The zero-order chi connectivity index (χ0) is 22.0. The number of hydrogen-bond donors (Lipinski definition) is 2. The van der Waals surface area contributed by atoms with E-state index in [-0.39, 0.29) is 24.2 Å². The lowest BCUT2D eigenvalue weighted by molar-refractivity contribution is -0.147. The van der Waals surface area contributed by atoms with Gasteiger partial charge in [0, 0.05) is 14.1 Å². The standard InChI is InChI=1S/C22H34N2O5/c1-6-16(3)19(20(25)24(4)5)23-22(28)29-18(21(26)27)14-15(2)12-13-17-10-8-7-9-11-17/h7-11,15-16,18-19H,6,12-14H2,1-5H3,(H,23,28)(H,26,27)/t15?,16-,18-,19+/m0/s1. The Balaban J connectivity index is 2.65. The van der Waals surface area contributed by atoms with E-state index in [1.165, 1.54) is 10.5 Å². The minimum absolute atomic E-state index is 0.0536. The number of aliphatic carboxylic acids is 1. The van der Waals surface area contributed by atoms with Gasteiger partial charge in [0.05, 0.1) is 0 Å². The molecule has 1 aromatic carbocycles. The molecule has 1 unspecified atom stereocenters. The molecule has 0 radical (unpaired) electrons. The predicted molar refractivity (Wildman–Crippen MR) is 112 cm³/mol. The Labute approximate surface area is 173 Å². The molecule has 0 aliphatic heterocycles. The van der Waals surface area contributed by atoms with Crippen LogP contribution in [0.2, 0.25) is 0 Å². The van der Waals surface area contributed by atoms with E-state index in [1.54, 1.807) is 14.1 Å². The molecule has 0 spiro atoms. The molecular formula is C22H34N2O5. The van der Waals surface area contributed by atoms with Crippen molar-refractivity contribution in [3.8, 4) is 0 Å². The normalized spacial score (nSPS) is 14.9. The summed E-state index contributed by atoms with van der Waals surface area (Å²) in [6.45, 7) is 5.71. The number of carboxylic acids is 1. The SMILES string of the molecule is CC[C@H](C)[C@@H](NC(=O)O[C@@H](CC(C)CCc1ccccc1)C(=O)O)C(=O)N(C)C. The summed E-state index contributed by atoms with van der Waals surface area (Å²) in [5.41, 5.74) is 1.18. The van der Waals surface area contributed by atoms with E-state index in [2.05, 4.69) is 5.32 Å². The molecule has 7 heteroatoms. The smallest absolute Gasteiger partial charge is 0.408 e. The minimum atomic E-state index is -1.26. The van der Waals surface area contributed by atoms with Crippen LogP contribution < -0.4 is 5.32 Å². The Morgan fingerprint density at radius 2 is 1.76 bits per heavy atom. The zero-order valence-electron chi connectivity index (χ0n) is 18.1. The van der Waals surface area contributed by atoms with Crippen molar-refractivity contribution < 1.29 is 24.2 Å². The molecule has 0 aliphatic rings. The van der Waals surface area contributed by atoms with Crippen molar-refractivity contribution >= 4 is 18.0 Å². The Hall–Kier alpha value is -2.57. The first kappa shape index (κ1) is 24.5. The van der Waals surface area contributed by atoms with Gasteiger partial charge in [-0.3, -0.25) is 4.79 Å². The Kier molecular flexibility index (Phi) is 10.2. The number of hydrogen-bond acceptors (Lipinski definition) is 4. The van der Waals surface area contributed by atoms with E-state index in [4.69, 9.17) is 4.74 Å². The highest BCUT2D eigenvalue weighted by Crippen LogP contribution is 2.17. The number of nitrogens with zero attached hydrogens (tertiary/aromatic N) is 1. The Morgan fingerprint density at radius 3 is 2.28 bits per heavy atom. The molecule has 29 heavy (non-hydrogen) atoms. The molecule has 0 aromatic heterocycles. The van der Waals surface area contributed by atoms with Gasteiger partial charge in [-0.1, -0.05) is 57.5 Å². The third kappa shape index (κ3) is 8.54. The van der Waals surface area contributed by atoms with Gasteiger partial charge in [-0.15, -0.1) is 0 Å². The van der Waals surface area contributed by atoms with Crippen molar-refractivity contribution in [3.63, 3.8) is 0 Å². The van der Waals surface area contributed by atoms with Gasteiger partial charge >= 0.3 is 12.1 Å². The highest BCUT2D eigenvalue weighted by molar-refractivity contribution is 5.86. The van der Waals surface area contributed by atoms with Gasteiger partial charge in [0.1, 0.15) is 6.04 Å². The van der Waals surface area contributed by atoms with Gasteiger partial charge in [-0.2, -0.15) is 0 Å². The summed E-state index contributed by atoms with van der Waals surface area (Å²) in [5, 5.41) is 12.0. The number of likely N-dealkylation sites (N-methyl/N-ethyl adjacent to an activating group) is 1. The highest BCUT2D eigenvalue weighted by atomic mass is 16.6. The molecule has 1 aromatic rings. The maximum atomic E-state index is 12.3. The lowest BCUT2D eigenvalue weighted by Gasteiger charge is -2.27. The fraction of sp³-hybridized carbons (Fsp3) is 0.591. The molecule has 1 rings (SSSR count). The van der Waals surface area contributed by atoms with E-state index in [0.29, 0.717) is 6.42 Å². The first-order valence-corrected chi connectivity index (χ1v) is 10.1. The summed E-state index contributed by atoms with van der Waals surface area (Å²) >= 11 is 0. The first-order valence-electron chi connectivity index (χ1n) is 10.1. The van der Waals surface area contributed by atoms with Crippen molar-refractivity contribution in [1.82, 2.24) is 10.2 Å². The third-order valence-corrected chi connectivity index (χ3v) is 5.10. The second-order valence-corrected chi connectivity index (χ2v) is 7.84. The van der Waals surface area contributed by atoms with Crippen LogP contribution in [0.3, 0.4) is 0 Å². The molecule has 4 atom stereocenters. The van der Waals surface area contributed by atoms with Crippen molar-refractivity contribution in [2.75, 3.05) is 14.1 Å². The summed E-state index contributed by atoms with van der Waals surface area (Å²) in [7, 11) is 3.22. The topological polar surface area (TPSA) is 95.9 Å². The average Bonchev–Trinajstić information content (AvgIpc) is 2.69. The summed E-state index contributed by atoms with van der Waals surface area (Å²) in [6, 6.07) is 9.19. The molecule has 0 saturated carbocycles. The summed E-state index contributed by atoms with van der Waals surface area (Å²) < 4.78 is 5.17. The van der Waals surface area contributed by atoms with Gasteiger partial charge in [0.15, 0.2) is 0 Å². The number of aryl methyl sites for hydroxylation is 1. The molecule has 0 fully saturated rings. The van der Waals surface area contributed by atoms with Crippen LogP contribution in [0.15, 0.2) is 30.3 Å². The predicted octanol–water partition coefficient (Wildman–Crippen LogP) is 3.33. The fourth-order valence-electron chi connectivity index (χ4n) is 2.99. The Morgan fingerprint density at radius 1 is 1.14 bits per heavy atom. The van der Waals surface area contributed by atoms with Crippen LogP contribution in [0.25, 0.3) is 0 Å². The van der Waals surface area contributed by atoms with Gasteiger partial charge in [0.2, 0.25) is 12.0 Å². The second-order valence-electron chi connectivity index (χ2n) is 7.84. The minimum Gasteiger partial charge on any atom is -0.479 e. The maximum Gasteiger partial charge on any atom is 0.408 e. The highest BCUT2D eigenvalue weighted by Gasteiger charge is 2.30. The summed E-state index contributed by atoms with van der Waals surface area (Å²) in [4.78, 5) is 37.6. The number of amides is 2. The number of carboxylic acid groups (broad SMARTS) is 1. The summed E-state index contributed by atoms with van der Waals surface area (Å²) in [6.07, 6.45) is 0.372.